The summed E-state index contributed by atoms with van der Waals surface area (Å²) in [6.07, 6.45) is 3.23. The standard InChI is InChI=1S/C13H24N2O3/c1-9-6-5-7-10(2)15(9)12(16)8-14(4)11(3)13(17)18/h9-11H,5-8H2,1-4H3,(H,17,18)/t9-,10-,11+/m0/s1. The Morgan fingerprint density at radius 2 is 1.83 bits per heavy atom. The first-order valence-electron chi connectivity index (χ1n) is 6.58. The van der Waals surface area contributed by atoms with E-state index in [1.807, 2.05) is 4.90 Å². The molecular weight excluding hydrogens is 232 g/mol. The lowest BCUT2D eigenvalue weighted by molar-refractivity contribution is -0.144. The quantitative estimate of drug-likeness (QED) is 0.820. The van der Waals surface area contributed by atoms with Crippen LogP contribution in [0, 0.1) is 0 Å². The number of carbonyl (C=O) groups is 2. The lowest BCUT2D eigenvalue weighted by atomic mass is 9.97. The number of hydrogen-bond acceptors (Lipinski definition) is 3. The number of amides is 1. The fourth-order valence-corrected chi connectivity index (χ4v) is 2.53. The van der Waals surface area contributed by atoms with E-state index in [1.165, 1.54) is 0 Å². The lowest BCUT2D eigenvalue weighted by Gasteiger charge is -2.40. The summed E-state index contributed by atoms with van der Waals surface area (Å²) in [6, 6.07) is -0.117. The number of aliphatic carboxylic acids is 1. The Hall–Kier alpha value is -1.10. The molecule has 1 aliphatic heterocycles. The lowest BCUT2D eigenvalue weighted by Crippen LogP contribution is -2.52. The molecule has 5 nitrogen and oxygen atoms in total. The zero-order valence-corrected chi connectivity index (χ0v) is 11.7. The SMILES string of the molecule is C[C@H](C(=O)O)N(C)CC(=O)N1[C@@H](C)CCC[C@@H]1C. The highest BCUT2D eigenvalue weighted by molar-refractivity contribution is 5.80. The van der Waals surface area contributed by atoms with E-state index in [4.69, 9.17) is 5.11 Å². The topological polar surface area (TPSA) is 60.9 Å². The van der Waals surface area contributed by atoms with Gasteiger partial charge in [0.15, 0.2) is 0 Å². The van der Waals surface area contributed by atoms with Gasteiger partial charge in [-0.3, -0.25) is 14.5 Å². The van der Waals surface area contributed by atoms with Gasteiger partial charge in [-0.1, -0.05) is 0 Å². The van der Waals surface area contributed by atoms with E-state index in [-0.39, 0.29) is 24.5 Å². The molecule has 18 heavy (non-hydrogen) atoms. The number of carboxylic acids is 1. The summed E-state index contributed by atoms with van der Waals surface area (Å²) in [6.45, 7) is 5.89. The molecule has 1 rings (SSSR count). The van der Waals surface area contributed by atoms with Gasteiger partial charge in [-0.25, -0.2) is 0 Å². The second kappa shape index (κ2) is 6.18. The van der Waals surface area contributed by atoms with Crippen molar-refractivity contribution in [3.8, 4) is 0 Å². The molecule has 0 bridgehead atoms. The highest BCUT2D eigenvalue weighted by atomic mass is 16.4. The zero-order valence-electron chi connectivity index (χ0n) is 11.7. The van der Waals surface area contributed by atoms with Crippen molar-refractivity contribution < 1.29 is 14.7 Å². The Balaban J connectivity index is 2.61. The summed E-state index contributed by atoms with van der Waals surface area (Å²) in [5.41, 5.74) is 0. The number of carboxylic acid groups (broad SMARTS) is 1. The second-order valence-electron chi connectivity index (χ2n) is 5.36. The van der Waals surface area contributed by atoms with E-state index >= 15 is 0 Å². The predicted molar refractivity (Wildman–Crippen MR) is 69.3 cm³/mol. The predicted octanol–water partition coefficient (Wildman–Crippen LogP) is 1.18. The van der Waals surface area contributed by atoms with Gasteiger partial charge >= 0.3 is 5.97 Å². The molecule has 1 fully saturated rings. The fourth-order valence-electron chi connectivity index (χ4n) is 2.53. The molecule has 3 atom stereocenters. The van der Waals surface area contributed by atoms with Crippen LogP contribution >= 0.6 is 0 Å². The van der Waals surface area contributed by atoms with Crippen molar-refractivity contribution in [3.05, 3.63) is 0 Å². The maximum atomic E-state index is 12.2. The summed E-state index contributed by atoms with van der Waals surface area (Å²) >= 11 is 0. The molecule has 1 heterocycles. The molecule has 0 radical (unpaired) electrons. The van der Waals surface area contributed by atoms with Crippen molar-refractivity contribution >= 4 is 11.9 Å². The van der Waals surface area contributed by atoms with Crippen LogP contribution in [0.3, 0.4) is 0 Å². The number of nitrogens with zero attached hydrogens (tertiary/aromatic N) is 2. The third-order valence-electron chi connectivity index (χ3n) is 3.88. The van der Waals surface area contributed by atoms with Crippen LogP contribution in [0.1, 0.15) is 40.0 Å². The summed E-state index contributed by atoms with van der Waals surface area (Å²) in [4.78, 5) is 26.6. The molecular formula is C13H24N2O3. The molecule has 1 N–H and O–H groups in total. The maximum absolute atomic E-state index is 12.2. The highest BCUT2D eigenvalue weighted by Gasteiger charge is 2.30. The van der Waals surface area contributed by atoms with Crippen LogP contribution in [-0.2, 0) is 9.59 Å². The molecule has 5 heteroatoms. The minimum atomic E-state index is -0.898. The molecule has 0 unspecified atom stereocenters. The van der Waals surface area contributed by atoms with Crippen molar-refractivity contribution in [1.82, 2.24) is 9.80 Å². The third kappa shape index (κ3) is 3.45. The van der Waals surface area contributed by atoms with Gasteiger partial charge < -0.3 is 10.0 Å². The Labute approximate surface area is 109 Å². The number of piperidine rings is 1. The van der Waals surface area contributed by atoms with Crippen LogP contribution in [-0.4, -0.2) is 58.5 Å². The monoisotopic (exact) mass is 256 g/mol. The Morgan fingerprint density at radius 3 is 2.28 bits per heavy atom. The van der Waals surface area contributed by atoms with Gasteiger partial charge in [0.1, 0.15) is 6.04 Å². The maximum Gasteiger partial charge on any atom is 0.320 e. The van der Waals surface area contributed by atoms with Crippen molar-refractivity contribution in [3.63, 3.8) is 0 Å². The van der Waals surface area contributed by atoms with Gasteiger partial charge in [-0.2, -0.15) is 0 Å². The first kappa shape index (κ1) is 15.0. The van der Waals surface area contributed by atoms with Gasteiger partial charge in [0.05, 0.1) is 6.54 Å². The largest absolute Gasteiger partial charge is 0.480 e. The molecule has 0 aliphatic carbocycles. The molecule has 0 spiro atoms. The first-order valence-corrected chi connectivity index (χ1v) is 6.58. The van der Waals surface area contributed by atoms with Crippen LogP contribution in [0.4, 0.5) is 0 Å². The number of likely N-dealkylation sites (tertiary alicyclic amines) is 1. The van der Waals surface area contributed by atoms with Crippen molar-refractivity contribution in [2.45, 2.75) is 58.2 Å². The van der Waals surface area contributed by atoms with Crippen LogP contribution in [0.15, 0.2) is 0 Å². The molecule has 1 aliphatic rings. The smallest absolute Gasteiger partial charge is 0.320 e. The summed E-state index contributed by atoms with van der Waals surface area (Å²) in [5.74, 6) is -0.865. The van der Waals surface area contributed by atoms with E-state index in [0.29, 0.717) is 0 Å². The zero-order chi connectivity index (χ0) is 13.9. The molecule has 104 valence electrons. The Morgan fingerprint density at radius 1 is 1.33 bits per heavy atom. The number of likely N-dealkylation sites (N-methyl/N-ethyl adjacent to an activating group) is 1. The van der Waals surface area contributed by atoms with E-state index in [2.05, 4.69) is 13.8 Å². The van der Waals surface area contributed by atoms with Crippen LogP contribution in [0.2, 0.25) is 0 Å². The van der Waals surface area contributed by atoms with Crippen molar-refractivity contribution in [2.24, 2.45) is 0 Å². The molecule has 0 aromatic heterocycles. The molecule has 0 aromatic rings. The van der Waals surface area contributed by atoms with Gasteiger partial charge in [0.25, 0.3) is 0 Å². The van der Waals surface area contributed by atoms with Crippen LogP contribution < -0.4 is 0 Å². The minimum Gasteiger partial charge on any atom is -0.480 e. The van der Waals surface area contributed by atoms with Gasteiger partial charge in [-0.15, -0.1) is 0 Å². The summed E-state index contributed by atoms with van der Waals surface area (Å²) in [5, 5.41) is 8.91. The Bertz CT molecular complexity index is 309. The first-order chi connectivity index (χ1) is 8.34. The van der Waals surface area contributed by atoms with Crippen LogP contribution in [0.5, 0.6) is 0 Å². The van der Waals surface area contributed by atoms with Gasteiger partial charge in [-0.05, 0) is 47.1 Å². The minimum absolute atomic E-state index is 0.0327. The van der Waals surface area contributed by atoms with Crippen molar-refractivity contribution in [2.75, 3.05) is 13.6 Å². The number of hydrogen-bond donors (Lipinski definition) is 1. The normalized spacial score (nSPS) is 26.2. The van der Waals surface area contributed by atoms with Crippen molar-refractivity contribution in [1.29, 1.82) is 0 Å². The molecule has 1 amide bonds. The third-order valence-corrected chi connectivity index (χ3v) is 3.88. The van der Waals surface area contributed by atoms with E-state index in [0.717, 1.165) is 19.3 Å². The van der Waals surface area contributed by atoms with E-state index in [1.54, 1.807) is 18.9 Å². The summed E-state index contributed by atoms with van der Waals surface area (Å²) in [7, 11) is 1.68. The number of rotatable bonds is 4. The molecule has 1 saturated heterocycles. The highest BCUT2D eigenvalue weighted by Crippen LogP contribution is 2.22. The Kier molecular flexibility index (Phi) is 5.14. The average Bonchev–Trinajstić information content (AvgIpc) is 2.27. The summed E-state index contributed by atoms with van der Waals surface area (Å²) < 4.78 is 0. The molecule has 0 aromatic carbocycles. The van der Waals surface area contributed by atoms with E-state index < -0.39 is 12.0 Å². The molecule has 0 saturated carbocycles. The second-order valence-corrected chi connectivity index (χ2v) is 5.36. The fraction of sp³-hybridized carbons (Fsp3) is 0.846. The average molecular weight is 256 g/mol. The van der Waals surface area contributed by atoms with Gasteiger partial charge in [0.2, 0.25) is 5.91 Å². The van der Waals surface area contributed by atoms with Crippen LogP contribution in [0.25, 0.3) is 0 Å². The number of carbonyl (C=O) groups excluding carboxylic acids is 1. The van der Waals surface area contributed by atoms with E-state index in [9.17, 15) is 9.59 Å². The van der Waals surface area contributed by atoms with Gasteiger partial charge in [0, 0.05) is 12.1 Å².